The first kappa shape index (κ1) is 17.3. The van der Waals surface area contributed by atoms with E-state index in [-0.39, 0.29) is 18.4 Å². The van der Waals surface area contributed by atoms with Crippen LogP contribution in [-0.2, 0) is 9.59 Å². The second kappa shape index (κ2) is 6.89. The van der Waals surface area contributed by atoms with Gasteiger partial charge in [-0.05, 0) is 50.2 Å². The van der Waals surface area contributed by atoms with Crippen LogP contribution in [0.2, 0.25) is 0 Å². The summed E-state index contributed by atoms with van der Waals surface area (Å²) in [5.74, 6) is 0.735. The van der Waals surface area contributed by atoms with Crippen LogP contribution >= 0.6 is 0 Å². The maximum atomic E-state index is 13.2. The van der Waals surface area contributed by atoms with Gasteiger partial charge < -0.3 is 14.5 Å². The number of halogens is 1. The topological polar surface area (TPSA) is 49.9 Å². The summed E-state index contributed by atoms with van der Waals surface area (Å²) < 4.78 is 18.6. The minimum absolute atomic E-state index is 0.125. The van der Waals surface area contributed by atoms with Crippen LogP contribution in [0.4, 0.5) is 4.39 Å². The van der Waals surface area contributed by atoms with Gasteiger partial charge in [-0.25, -0.2) is 4.39 Å². The van der Waals surface area contributed by atoms with Crippen LogP contribution in [0, 0.1) is 17.2 Å². The molecule has 2 amide bonds. The molecule has 5 nitrogen and oxygen atoms in total. The minimum Gasteiger partial charge on any atom is -0.484 e. The van der Waals surface area contributed by atoms with Gasteiger partial charge in [0.1, 0.15) is 11.6 Å². The average molecular weight is 360 g/mol. The van der Waals surface area contributed by atoms with Crippen LogP contribution in [0.1, 0.15) is 32.1 Å². The molecule has 140 valence electrons. The summed E-state index contributed by atoms with van der Waals surface area (Å²) in [5, 5.41) is 0. The number of benzene rings is 1. The Balaban J connectivity index is 1.34. The van der Waals surface area contributed by atoms with E-state index in [0.717, 1.165) is 32.4 Å². The first-order valence-corrected chi connectivity index (χ1v) is 9.51. The van der Waals surface area contributed by atoms with E-state index in [1.54, 1.807) is 17.0 Å². The van der Waals surface area contributed by atoms with E-state index in [0.29, 0.717) is 24.8 Å². The summed E-state index contributed by atoms with van der Waals surface area (Å²) in [4.78, 5) is 29.3. The molecule has 1 aliphatic carbocycles. The lowest BCUT2D eigenvalue weighted by Gasteiger charge is -2.39. The zero-order valence-electron chi connectivity index (χ0n) is 15.0. The highest BCUT2D eigenvalue weighted by Gasteiger charge is 2.49. The maximum absolute atomic E-state index is 13.2. The molecule has 0 bridgehead atoms. The third-order valence-electron chi connectivity index (χ3n) is 5.86. The third kappa shape index (κ3) is 3.55. The van der Waals surface area contributed by atoms with E-state index in [4.69, 9.17) is 4.74 Å². The Morgan fingerprint density at radius 2 is 2.12 bits per heavy atom. The van der Waals surface area contributed by atoms with Crippen molar-refractivity contribution < 1.29 is 18.7 Å². The van der Waals surface area contributed by atoms with Gasteiger partial charge in [0.2, 0.25) is 5.91 Å². The molecule has 2 saturated heterocycles. The zero-order valence-corrected chi connectivity index (χ0v) is 15.0. The third-order valence-corrected chi connectivity index (χ3v) is 5.86. The molecule has 1 atom stereocenters. The fraction of sp³-hybridized carbons (Fsp3) is 0.600. The second-order valence-corrected chi connectivity index (χ2v) is 7.89. The summed E-state index contributed by atoms with van der Waals surface area (Å²) in [6, 6.07) is 5.78. The molecule has 2 heterocycles. The molecule has 3 fully saturated rings. The average Bonchev–Trinajstić information content (AvgIpc) is 3.35. The van der Waals surface area contributed by atoms with E-state index < -0.39 is 11.2 Å². The van der Waals surface area contributed by atoms with E-state index in [1.807, 2.05) is 4.90 Å². The van der Waals surface area contributed by atoms with Crippen LogP contribution in [0.15, 0.2) is 24.3 Å². The van der Waals surface area contributed by atoms with Crippen molar-refractivity contribution >= 4 is 11.8 Å². The predicted molar refractivity (Wildman–Crippen MR) is 94.1 cm³/mol. The highest BCUT2D eigenvalue weighted by Crippen LogP contribution is 2.41. The predicted octanol–water partition coefficient (Wildman–Crippen LogP) is 2.46. The maximum Gasteiger partial charge on any atom is 0.260 e. The molecule has 0 radical (unpaired) electrons. The molecule has 6 heteroatoms. The normalized spacial score (nSPS) is 25.8. The number of rotatable bonds is 5. The lowest BCUT2D eigenvalue weighted by molar-refractivity contribution is -0.146. The molecule has 1 spiro atoms. The van der Waals surface area contributed by atoms with E-state index in [2.05, 4.69) is 0 Å². The number of amides is 2. The highest BCUT2D eigenvalue weighted by molar-refractivity contribution is 5.86. The standard InChI is InChI=1S/C20H25FN2O3/c21-16-3-1-4-17(11-16)26-13-18(24)23-10-8-20(14-23)7-2-9-22(19(20)25)12-15-5-6-15/h1,3-4,11,15H,2,5-10,12-14H2/t20-/m0/s1. The molecule has 2 aliphatic heterocycles. The molecule has 0 unspecified atom stereocenters. The minimum atomic E-state index is -0.401. The summed E-state index contributed by atoms with van der Waals surface area (Å²) in [6.45, 7) is 2.69. The fourth-order valence-electron chi connectivity index (χ4n) is 4.20. The Morgan fingerprint density at radius 1 is 1.27 bits per heavy atom. The van der Waals surface area contributed by atoms with E-state index in [1.165, 1.54) is 25.0 Å². The Kier molecular flexibility index (Phi) is 4.59. The quantitative estimate of drug-likeness (QED) is 0.810. The molecule has 1 saturated carbocycles. The molecule has 26 heavy (non-hydrogen) atoms. The molecule has 1 aromatic carbocycles. The summed E-state index contributed by atoms with van der Waals surface area (Å²) >= 11 is 0. The van der Waals surface area contributed by atoms with Crippen molar-refractivity contribution in [1.82, 2.24) is 9.80 Å². The SMILES string of the molecule is O=C(COc1cccc(F)c1)N1CC[C@@]2(CCCN(CC3CC3)C2=O)C1. The molecule has 1 aromatic rings. The Labute approximate surface area is 153 Å². The summed E-state index contributed by atoms with van der Waals surface area (Å²) in [7, 11) is 0. The Hall–Kier alpha value is -2.11. The Bertz CT molecular complexity index is 706. The van der Waals surface area contributed by atoms with Crippen molar-refractivity contribution in [3.8, 4) is 5.75 Å². The number of likely N-dealkylation sites (tertiary alicyclic amines) is 2. The fourth-order valence-corrected chi connectivity index (χ4v) is 4.20. The number of hydrogen-bond donors (Lipinski definition) is 0. The second-order valence-electron chi connectivity index (χ2n) is 7.89. The van der Waals surface area contributed by atoms with Crippen molar-refractivity contribution in [3.63, 3.8) is 0 Å². The van der Waals surface area contributed by atoms with Crippen LogP contribution in [0.5, 0.6) is 5.75 Å². The zero-order chi connectivity index (χ0) is 18.1. The van der Waals surface area contributed by atoms with Gasteiger partial charge in [0.25, 0.3) is 5.91 Å². The van der Waals surface area contributed by atoms with Crippen molar-refractivity contribution in [3.05, 3.63) is 30.1 Å². The van der Waals surface area contributed by atoms with Gasteiger partial charge >= 0.3 is 0 Å². The number of nitrogens with zero attached hydrogens (tertiary/aromatic N) is 2. The lowest BCUT2D eigenvalue weighted by atomic mass is 9.78. The van der Waals surface area contributed by atoms with Crippen LogP contribution in [-0.4, -0.2) is 54.4 Å². The van der Waals surface area contributed by atoms with Gasteiger partial charge in [-0.15, -0.1) is 0 Å². The highest BCUT2D eigenvalue weighted by atomic mass is 19.1. The summed E-state index contributed by atoms with van der Waals surface area (Å²) in [6.07, 6.45) is 5.08. The van der Waals surface area contributed by atoms with Gasteiger partial charge in [-0.2, -0.15) is 0 Å². The molecular weight excluding hydrogens is 335 g/mol. The number of piperidine rings is 1. The number of hydrogen-bond acceptors (Lipinski definition) is 3. The van der Waals surface area contributed by atoms with Gasteiger partial charge in [0.05, 0.1) is 5.41 Å². The lowest BCUT2D eigenvalue weighted by Crippen LogP contribution is -2.51. The van der Waals surface area contributed by atoms with E-state index >= 15 is 0 Å². The van der Waals surface area contributed by atoms with Gasteiger partial charge in [0, 0.05) is 32.2 Å². The van der Waals surface area contributed by atoms with Crippen LogP contribution in [0.25, 0.3) is 0 Å². The van der Waals surface area contributed by atoms with Crippen molar-refractivity contribution in [1.29, 1.82) is 0 Å². The van der Waals surface area contributed by atoms with Crippen LogP contribution in [0.3, 0.4) is 0 Å². The Morgan fingerprint density at radius 3 is 2.88 bits per heavy atom. The van der Waals surface area contributed by atoms with Gasteiger partial charge in [0.15, 0.2) is 6.61 Å². The molecular formula is C20H25FN2O3. The molecule has 3 aliphatic rings. The summed E-state index contributed by atoms with van der Waals surface area (Å²) in [5.41, 5.74) is -0.401. The number of carbonyl (C=O) groups excluding carboxylic acids is 2. The largest absolute Gasteiger partial charge is 0.484 e. The molecule has 0 aromatic heterocycles. The monoisotopic (exact) mass is 360 g/mol. The van der Waals surface area contributed by atoms with Crippen LogP contribution < -0.4 is 4.74 Å². The molecule has 4 rings (SSSR count). The van der Waals surface area contributed by atoms with Gasteiger partial charge in [-0.3, -0.25) is 9.59 Å². The van der Waals surface area contributed by atoms with Crippen molar-refractivity contribution in [2.45, 2.75) is 32.1 Å². The van der Waals surface area contributed by atoms with Gasteiger partial charge in [-0.1, -0.05) is 6.07 Å². The number of ether oxygens (including phenoxy) is 1. The van der Waals surface area contributed by atoms with E-state index in [9.17, 15) is 14.0 Å². The first-order chi connectivity index (χ1) is 12.6. The molecule has 0 N–H and O–H groups in total. The number of carbonyl (C=O) groups is 2. The smallest absolute Gasteiger partial charge is 0.260 e. The van der Waals surface area contributed by atoms with Crippen molar-refractivity contribution in [2.75, 3.05) is 32.8 Å². The first-order valence-electron chi connectivity index (χ1n) is 9.51. The van der Waals surface area contributed by atoms with Crippen molar-refractivity contribution in [2.24, 2.45) is 11.3 Å².